The van der Waals surface area contributed by atoms with Crippen molar-refractivity contribution in [3.63, 3.8) is 0 Å². The van der Waals surface area contributed by atoms with Gasteiger partial charge >= 0.3 is 6.18 Å². The molecule has 0 aliphatic carbocycles. The Bertz CT molecular complexity index is 679. The maximum Gasteiger partial charge on any atom is 0.416 e. The standard InChI is InChI=1S/C19H20F3NO2/c1-25-17-8-4-15(5-9-17)18(24)11-13-23-12-10-14-2-6-16(7-3-14)19(20,21)22/h2-9,23H,10-13H2,1H3. The Kier molecular flexibility index (Phi) is 6.58. The Balaban J connectivity index is 1.69. The number of alkyl halides is 3. The molecule has 0 bridgehead atoms. The van der Waals surface area contributed by atoms with Crippen LogP contribution in [0.1, 0.15) is 27.9 Å². The van der Waals surface area contributed by atoms with Crippen molar-refractivity contribution < 1.29 is 22.7 Å². The Labute approximate surface area is 144 Å². The highest BCUT2D eigenvalue weighted by molar-refractivity contribution is 5.96. The minimum absolute atomic E-state index is 0.0321. The fourth-order valence-corrected chi connectivity index (χ4v) is 2.34. The number of carbonyl (C=O) groups is 1. The number of nitrogens with one attached hydrogen (secondary N) is 1. The Morgan fingerprint density at radius 1 is 1.00 bits per heavy atom. The highest BCUT2D eigenvalue weighted by Gasteiger charge is 2.29. The fraction of sp³-hybridized carbons (Fsp3) is 0.316. The average molecular weight is 351 g/mol. The molecule has 0 aromatic heterocycles. The maximum absolute atomic E-state index is 12.5. The summed E-state index contributed by atoms with van der Waals surface area (Å²) in [7, 11) is 1.57. The number of hydrogen-bond donors (Lipinski definition) is 1. The molecule has 2 rings (SSSR count). The van der Waals surface area contributed by atoms with Gasteiger partial charge in [-0.25, -0.2) is 0 Å². The molecule has 0 atom stereocenters. The number of methoxy groups -OCH3 is 1. The number of rotatable bonds is 8. The number of benzene rings is 2. The van der Waals surface area contributed by atoms with E-state index < -0.39 is 11.7 Å². The first kappa shape index (κ1) is 19.0. The zero-order valence-corrected chi connectivity index (χ0v) is 13.9. The number of Topliss-reactive ketones (excluding diaryl/α,β-unsaturated/α-hetero) is 1. The van der Waals surface area contributed by atoms with Gasteiger partial charge in [-0.3, -0.25) is 4.79 Å². The SMILES string of the molecule is COc1ccc(C(=O)CCNCCc2ccc(C(F)(F)F)cc2)cc1. The fourth-order valence-electron chi connectivity index (χ4n) is 2.34. The number of hydrogen-bond acceptors (Lipinski definition) is 3. The molecule has 0 fully saturated rings. The second-order valence-electron chi connectivity index (χ2n) is 5.60. The molecular weight excluding hydrogens is 331 g/mol. The van der Waals surface area contributed by atoms with E-state index in [0.717, 1.165) is 17.7 Å². The van der Waals surface area contributed by atoms with Crippen LogP contribution in [-0.2, 0) is 12.6 Å². The first-order valence-electron chi connectivity index (χ1n) is 7.94. The van der Waals surface area contributed by atoms with Gasteiger partial charge < -0.3 is 10.1 Å². The number of ether oxygens (including phenoxy) is 1. The number of ketones is 1. The lowest BCUT2D eigenvalue weighted by atomic mass is 10.1. The van der Waals surface area contributed by atoms with Crippen LogP contribution in [0.4, 0.5) is 13.2 Å². The molecule has 25 heavy (non-hydrogen) atoms. The summed E-state index contributed by atoms with van der Waals surface area (Å²) in [4.78, 5) is 12.0. The quantitative estimate of drug-likeness (QED) is 0.574. The third kappa shape index (κ3) is 5.90. The molecule has 0 aliphatic heterocycles. The highest BCUT2D eigenvalue weighted by Crippen LogP contribution is 2.29. The number of carbonyl (C=O) groups excluding carboxylic acids is 1. The van der Waals surface area contributed by atoms with Crippen molar-refractivity contribution in [2.45, 2.75) is 19.0 Å². The largest absolute Gasteiger partial charge is 0.497 e. The summed E-state index contributed by atoms with van der Waals surface area (Å²) < 4.78 is 42.5. The maximum atomic E-state index is 12.5. The Hall–Kier alpha value is -2.34. The zero-order valence-electron chi connectivity index (χ0n) is 13.9. The minimum atomic E-state index is -4.31. The van der Waals surface area contributed by atoms with Gasteiger partial charge in [0, 0.05) is 18.5 Å². The summed E-state index contributed by atoms with van der Waals surface area (Å²) in [6.07, 6.45) is -3.34. The van der Waals surface area contributed by atoms with Gasteiger partial charge in [0.05, 0.1) is 12.7 Å². The topological polar surface area (TPSA) is 38.3 Å². The molecule has 3 nitrogen and oxygen atoms in total. The van der Waals surface area contributed by atoms with Gasteiger partial charge in [0.1, 0.15) is 5.75 Å². The molecular formula is C19H20F3NO2. The van der Waals surface area contributed by atoms with Crippen LogP contribution in [0.5, 0.6) is 5.75 Å². The molecule has 0 amide bonds. The van der Waals surface area contributed by atoms with Crippen LogP contribution >= 0.6 is 0 Å². The third-order valence-electron chi connectivity index (χ3n) is 3.81. The van der Waals surface area contributed by atoms with E-state index in [0.29, 0.717) is 37.2 Å². The summed E-state index contributed by atoms with van der Waals surface area (Å²) in [5.74, 6) is 0.732. The van der Waals surface area contributed by atoms with Crippen molar-refractivity contribution in [3.8, 4) is 5.75 Å². The second-order valence-corrected chi connectivity index (χ2v) is 5.60. The van der Waals surface area contributed by atoms with Crippen LogP contribution in [0.15, 0.2) is 48.5 Å². The van der Waals surface area contributed by atoms with E-state index in [4.69, 9.17) is 4.74 Å². The first-order chi connectivity index (χ1) is 11.9. The van der Waals surface area contributed by atoms with Crippen molar-refractivity contribution in [2.24, 2.45) is 0 Å². The zero-order chi connectivity index (χ0) is 18.3. The number of halogens is 3. The third-order valence-corrected chi connectivity index (χ3v) is 3.81. The van der Waals surface area contributed by atoms with E-state index in [2.05, 4.69) is 5.32 Å². The van der Waals surface area contributed by atoms with Crippen molar-refractivity contribution in [1.82, 2.24) is 5.32 Å². The van der Waals surface area contributed by atoms with Crippen molar-refractivity contribution in [2.75, 3.05) is 20.2 Å². The average Bonchev–Trinajstić information content (AvgIpc) is 2.61. The lowest BCUT2D eigenvalue weighted by Gasteiger charge is -2.08. The Morgan fingerprint density at radius 3 is 2.20 bits per heavy atom. The lowest BCUT2D eigenvalue weighted by molar-refractivity contribution is -0.137. The van der Waals surface area contributed by atoms with E-state index in [-0.39, 0.29) is 5.78 Å². The molecule has 1 N–H and O–H groups in total. The molecule has 134 valence electrons. The van der Waals surface area contributed by atoms with Gasteiger partial charge in [-0.2, -0.15) is 13.2 Å². The summed E-state index contributed by atoms with van der Waals surface area (Å²) in [6.45, 7) is 1.12. The van der Waals surface area contributed by atoms with E-state index >= 15 is 0 Å². The molecule has 0 unspecified atom stereocenters. The molecule has 0 saturated heterocycles. The molecule has 0 aliphatic rings. The van der Waals surface area contributed by atoms with Crippen LogP contribution in [0, 0.1) is 0 Å². The van der Waals surface area contributed by atoms with Gasteiger partial charge in [-0.15, -0.1) is 0 Å². The predicted molar refractivity (Wildman–Crippen MR) is 90.0 cm³/mol. The molecule has 2 aromatic rings. The molecule has 0 heterocycles. The summed E-state index contributed by atoms with van der Waals surface area (Å²) >= 11 is 0. The normalized spacial score (nSPS) is 11.4. The van der Waals surface area contributed by atoms with Gasteiger partial charge in [0.15, 0.2) is 5.78 Å². The summed E-state index contributed by atoms with van der Waals surface area (Å²) in [5.41, 5.74) is 0.807. The van der Waals surface area contributed by atoms with Crippen LogP contribution in [0.2, 0.25) is 0 Å². The Morgan fingerprint density at radius 2 is 1.64 bits per heavy atom. The predicted octanol–water partition coefficient (Wildman–Crippen LogP) is 4.12. The summed E-state index contributed by atoms with van der Waals surface area (Å²) in [5, 5.41) is 3.13. The van der Waals surface area contributed by atoms with Gasteiger partial charge in [0.2, 0.25) is 0 Å². The molecule has 0 spiro atoms. The van der Waals surface area contributed by atoms with Crippen LogP contribution in [0.3, 0.4) is 0 Å². The van der Waals surface area contributed by atoms with Gasteiger partial charge in [-0.1, -0.05) is 12.1 Å². The molecule has 0 saturated carbocycles. The van der Waals surface area contributed by atoms with E-state index in [1.807, 2.05) is 0 Å². The lowest BCUT2D eigenvalue weighted by Crippen LogP contribution is -2.21. The van der Waals surface area contributed by atoms with Crippen LogP contribution in [-0.4, -0.2) is 26.0 Å². The monoisotopic (exact) mass is 351 g/mol. The van der Waals surface area contributed by atoms with Crippen molar-refractivity contribution in [3.05, 3.63) is 65.2 Å². The smallest absolute Gasteiger partial charge is 0.416 e. The van der Waals surface area contributed by atoms with Crippen molar-refractivity contribution >= 4 is 5.78 Å². The van der Waals surface area contributed by atoms with E-state index in [1.54, 1.807) is 31.4 Å². The van der Waals surface area contributed by atoms with Crippen molar-refractivity contribution in [1.29, 1.82) is 0 Å². The molecule has 6 heteroatoms. The highest BCUT2D eigenvalue weighted by atomic mass is 19.4. The van der Waals surface area contributed by atoms with Gasteiger partial charge in [-0.05, 0) is 54.9 Å². The van der Waals surface area contributed by atoms with E-state index in [9.17, 15) is 18.0 Å². The van der Waals surface area contributed by atoms with E-state index in [1.165, 1.54) is 12.1 Å². The second kappa shape index (κ2) is 8.67. The summed E-state index contributed by atoms with van der Waals surface area (Å²) in [6, 6.07) is 12.1. The molecule has 0 radical (unpaired) electrons. The van der Waals surface area contributed by atoms with Gasteiger partial charge in [0.25, 0.3) is 0 Å². The van der Waals surface area contributed by atoms with Crippen LogP contribution in [0.25, 0.3) is 0 Å². The molecule has 2 aromatic carbocycles. The minimum Gasteiger partial charge on any atom is -0.497 e. The first-order valence-corrected chi connectivity index (χ1v) is 7.94. The van der Waals surface area contributed by atoms with Crippen LogP contribution < -0.4 is 10.1 Å².